The van der Waals surface area contributed by atoms with Gasteiger partial charge in [0.25, 0.3) is 0 Å². The number of hydrogen-bond donors (Lipinski definition) is 2. The molecule has 1 atom stereocenters. The van der Waals surface area contributed by atoms with Crippen molar-refractivity contribution in [1.82, 2.24) is 15.1 Å². The molecule has 1 fully saturated rings. The SMILES string of the molecule is CN(C)C(=O)N1CCNCC1C(N)=O. The quantitative estimate of drug-likeness (QED) is 0.536. The predicted molar refractivity (Wildman–Crippen MR) is 51.6 cm³/mol. The second-order valence-corrected chi connectivity index (χ2v) is 3.49. The first-order chi connectivity index (χ1) is 6.54. The molecule has 1 unspecified atom stereocenters. The van der Waals surface area contributed by atoms with Crippen LogP contribution in [0.5, 0.6) is 0 Å². The largest absolute Gasteiger partial charge is 0.368 e. The summed E-state index contributed by atoms with van der Waals surface area (Å²) < 4.78 is 0. The molecule has 6 heteroatoms. The molecule has 1 heterocycles. The van der Waals surface area contributed by atoms with E-state index in [1.807, 2.05) is 0 Å². The van der Waals surface area contributed by atoms with Gasteiger partial charge >= 0.3 is 6.03 Å². The molecular weight excluding hydrogens is 184 g/mol. The molecule has 1 aliphatic heterocycles. The highest BCUT2D eigenvalue weighted by Crippen LogP contribution is 2.05. The normalized spacial score (nSPS) is 21.9. The molecule has 0 bridgehead atoms. The number of nitrogens with two attached hydrogens (primary N) is 1. The van der Waals surface area contributed by atoms with Crippen LogP contribution in [0.25, 0.3) is 0 Å². The fraction of sp³-hybridized carbons (Fsp3) is 0.750. The van der Waals surface area contributed by atoms with Crippen molar-refractivity contribution in [2.45, 2.75) is 6.04 Å². The van der Waals surface area contributed by atoms with Gasteiger partial charge in [0.05, 0.1) is 0 Å². The molecule has 6 nitrogen and oxygen atoms in total. The van der Waals surface area contributed by atoms with Gasteiger partial charge in [-0.05, 0) is 0 Å². The zero-order valence-corrected chi connectivity index (χ0v) is 8.49. The number of amides is 3. The summed E-state index contributed by atoms with van der Waals surface area (Å²) in [4.78, 5) is 25.6. The van der Waals surface area contributed by atoms with Gasteiger partial charge in [-0.25, -0.2) is 4.79 Å². The van der Waals surface area contributed by atoms with Crippen LogP contribution in [-0.4, -0.2) is 61.5 Å². The van der Waals surface area contributed by atoms with E-state index in [4.69, 9.17) is 5.73 Å². The third kappa shape index (κ3) is 2.14. The summed E-state index contributed by atoms with van der Waals surface area (Å²) in [5.41, 5.74) is 5.20. The van der Waals surface area contributed by atoms with Gasteiger partial charge in [0.1, 0.15) is 6.04 Å². The van der Waals surface area contributed by atoms with Gasteiger partial charge in [-0.2, -0.15) is 0 Å². The second kappa shape index (κ2) is 4.28. The van der Waals surface area contributed by atoms with Gasteiger partial charge in [0, 0.05) is 33.7 Å². The number of rotatable bonds is 1. The topological polar surface area (TPSA) is 78.7 Å². The van der Waals surface area contributed by atoms with Crippen LogP contribution in [0.4, 0.5) is 4.79 Å². The van der Waals surface area contributed by atoms with Crippen LogP contribution >= 0.6 is 0 Å². The summed E-state index contributed by atoms with van der Waals surface area (Å²) in [7, 11) is 3.31. The molecule has 0 saturated carbocycles. The standard InChI is InChI=1S/C8H16N4O2/c1-11(2)8(14)12-4-3-10-5-6(12)7(9)13/h6,10H,3-5H2,1-2H3,(H2,9,13). The minimum absolute atomic E-state index is 0.171. The molecule has 0 radical (unpaired) electrons. The summed E-state index contributed by atoms with van der Waals surface area (Å²) in [6.45, 7) is 1.66. The van der Waals surface area contributed by atoms with Crippen molar-refractivity contribution in [2.24, 2.45) is 5.73 Å². The van der Waals surface area contributed by atoms with Gasteiger partial charge in [0.2, 0.25) is 5.91 Å². The van der Waals surface area contributed by atoms with Gasteiger partial charge in [-0.15, -0.1) is 0 Å². The lowest BCUT2D eigenvalue weighted by molar-refractivity contribution is -0.122. The number of primary amides is 1. The Hall–Kier alpha value is -1.30. The van der Waals surface area contributed by atoms with Crippen molar-refractivity contribution in [3.63, 3.8) is 0 Å². The van der Waals surface area contributed by atoms with Crippen LogP contribution in [0.15, 0.2) is 0 Å². The number of nitrogens with zero attached hydrogens (tertiary/aromatic N) is 2. The fourth-order valence-electron chi connectivity index (χ4n) is 1.44. The smallest absolute Gasteiger partial charge is 0.320 e. The number of carbonyl (C=O) groups excluding carboxylic acids is 2. The maximum Gasteiger partial charge on any atom is 0.320 e. The van der Waals surface area contributed by atoms with E-state index in [2.05, 4.69) is 5.32 Å². The molecule has 0 aromatic carbocycles. The molecule has 3 amide bonds. The van der Waals surface area contributed by atoms with E-state index in [9.17, 15) is 9.59 Å². The lowest BCUT2D eigenvalue weighted by Crippen LogP contribution is -2.60. The van der Waals surface area contributed by atoms with Crippen molar-refractivity contribution in [3.8, 4) is 0 Å². The number of hydrogen-bond acceptors (Lipinski definition) is 3. The lowest BCUT2D eigenvalue weighted by Gasteiger charge is -2.35. The van der Waals surface area contributed by atoms with E-state index >= 15 is 0 Å². The average Bonchev–Trinajstić information content (AvgIpc) is 2.16. The first-order valence-electron chi connectivity index (χ1n) is 4.52. The molecule has 0 spiro atoms. The van der Waals surface area contributed by atoms with Crippen LogP contribution in [-0.2, 0) is 4.79 Å². The highest BCUT2D eigenvalue weighted by molar-refractivity contribution is 5.86. The number of nitrogens with one attached hydrogen (secondary N) is 1. The summed E-state index contributed by atoms with van der Waals surface area (Å²) >= 11 is 0. The molecule has 3 N–H and O–H groups in total. The van der Waals surface area contributed by atoms with E-state index in [1.54, 1.807) is 14.1 Å². The maximum absolute atomic E-state index is 11.6. The van der Waals surface area contributed by atoms with Crippen molar-refractivity contribution < 1.29 is 9.59 Å². The first-order valence-corrected chi connectivity index (χ1v) is 4.52. The van der Waals surface area contributed by atoms with E-state index in [-0.39, 0.29) is 6.03 Å². The lowest BCUT2D eigenvalue weighted by atomic mass is 10.2. The Morgan fingerprint density at radius 1 is 1.50 bits per heavy atom. The van der Waals surface area contributed by atoms with Crippen LogP contribution in [0.1, 0.15) is 0 Å². The molecular formula is C8H16N4O2. The van der Waals surface area contributed by atoms with Crippen LogP contribution in [0.3, 0.4) is 0 Å². The van der Waals surface area contributed by atoms with E-state index < -0.39 is 11.9 Å². The van der Waals surface area contributed by atoms with E-state index in [0.717, 1.165) is 0 Å². The monoisotopic (exact) mass is 200 g/mol. The van der Waals surface area contributed by atoms with Crippen molar-refractivity contribution in [3.05, 3.63) is 0 Å². The van der Waals surface area contributed by atoms with Crippen LogP contribution in [0, 0.1) is 0 Å². The highest BCUT2D eigenvalue weighted by atomic mass is 16.2. The Balaban J connectivity index is 2.72. The molecule has 80 valence electrons. The predicted octanol–water partition coefficient (Wildman–Crippen LogP) is -1.57. The zero-order chi connectivity index (χ0) is 10.7. The average molecular weight is 200 g/mol. The minimum atomic E-state index is -0.529. The molecule has 14 heavy (non-hydrogen) atoms. The van der Waals surface area contributed by atoms with Crippen LogP contribution in [0.2, 0.25) is 0 Å². The highest BCUT2D eigenvalue weighted by Gasteiger charge is 2.31. The molecule has 0 aromatic heterocycles. The van der Waals surface area contributed by atoms with Gasteiger partial charge in [-0.3, -0.25) is 4.79 Å². The van der Waals surface area contributed by atoms with Crippen molar-refractivity contribution >= 4 is 11.9 Å². The zero-order valence-electron chi connectivity index (χ0n) is 8.49. The van der Waals surface area contributed by atoms with Gasteiger partial charge < -0.3 is 20.9 Å². The number of carbonyl (C=O) groups is 2. The van der Waals surface area contributed by atoms with Crippen molar-refractivity contribution in [2.75, 3.05) is 33.7 Å². The molecule has 0 aromatic rings. The fourth-order valence-corrected chi connectivity index (χ4v) is 1.44. The van der Waals surface area contributed by atoms with Gasteiger partial charge in [-0.1, -0.05) is 0 Å². The first kappa shape index (κ1) is 10.8. The third-order valence-electron chi connectivity index (χ3n) is 2.20. The maximum atomic E-state index is 11.6. The summed E-state index contributed by atoms with van der Waals surface area (Å²) in [5, 5.41) is 3.03. The third-order valence-corrected chi connectivity index (χ3v) is 2.20. The Bertz CT molecular complexity index is 241. The van der Waals surface area contributed by atoms with Crippen molar-refractivity contribution in [1.29, 1.82) is 0 Å². The Morgan fingerprint density at radius 2 is 2.14 bits per heavy atom. The Morgan fingerprint density at radius 3 is 2.64 bits per heavy atom. The van der Waals surface area contributed by atoms with Crippen LogP contribution < -0.4 is 11.1 Å². The number of urea groups is 1. The molecule has 1 aliphatic rings. The van der Waals surface area contributed by atoms with Gasteiger partial charge in [0.15, 0.2) is 0 Å². The summed E-state index contributed by atoms with van der Waals surface area (Å²) in [6, 6.07) is -0.700. The summed E-state index contributed by atoms with van der Waals surface area (Å²) in [5.74, 6) is -0.465. The Kier molecular flexibility index (Phi) is 3.29. The molecule has 0 aliphatic carbocycles. The Labute approximate surface area is 83.0 Å². The van der Waals surface area contributed by atoms with E-state index in [1.165, 1.54) is 9.80 Å². The number of piperazine rings is 1. The summed E-state index contributed by atoms with van der Waals surface area (Å²) in [6.07, 6.45) is 0. The second-order valence-electron chi connectivity index (χ2n) is 3.49. The molecule has 1 rings (SSSR count). The minimum Gasteiger partial charge on any atom is -0.368 e. The van der Waals surface area contributed by atoms with E-state index in [0.29, 0.717) is 19.6 Å². The molecule has 1 saturated heterocycles.